The number of carbonyl (C=O) groups excluding carboxylic acids is 1. The Bertz CT molecular complexity index is 1480. The van der Waals surface area contributed by atoms with Gasteiger partial charge in [-0.25, -0.2) is 0 Å². The van der Waals surface area contributed by atoms with Crippen molar-refractivity contribution in [1.82, 2.24) is 30.0 Å². The van der Waals surface area contributed by atoms with Gasteiger partial charge in [0.25, 0.3) is 0 Å². The Morgan fingerprint density at radius 3 is 2.83 bits per heavy atom. The molecule has 3 aliphatic rings. The molecule has 2 fully saturated rings. The van der Waals surface area contributed by atoms with Gasteiger partial charge in [0.1, 0.15) is 12.4 Å². The molecule has 212 valence electrons. The number of likely N-dealkylation sites (tertiary alicyclic amines) is 1. The molecule has 41 heavy (non-hydrogen) atoms. The third-order valence-corrected chi connectivity index (χ3v) is 8.52. The van der Waals surface area contributed by atoms with Crippen LogP contribution in [0.1, 0.15) is 30.5 Å². The zero-order chi connectivity index (χ0) is 28.3. The summed E-state index contributed by atoms with van der Waals surface area (Å²) in [6.45, 7) is 8.17. The predicted molar refractivity (Wildman–Crippen MR) is 156 cm³/mol. The lowest BCUT2D eigenvalue weighted by atomic mass is 10.0. The van der Waals surface area contributed by atoms with Crippen LogP contribution < -0.4 is 14.5 Å². The molecule has 0 saturated carbocycles. The molecule has 1 aromatic carbocycles. The molecular formula is C30H35N9O2. The highest BCUT2D eigenvalue weighted by Gasteiger charge is 2.34. The monoisotopic (exact) mass is 553 g/mol. The summed E-state index contributed by atoms with van der Waals surface area (Å²) < 4.78 is 6.25. The molecule has 11 heteroatoms. The Morgan fingerprint density at radius 1 is 1.15 bits per heavy atom. The topological polar surface area (TPSA) is 115 Å². The number of ether oxygens (including phenoxy) is 1. The molecule has 0 aliphatic carbocycles. The fourth-order valence-electron chi connectivity index (χ4n) is 6.24. The first-order chi connectivity index (χ1) is 20.1. The number of benzene rings is 1. The molecule has 0 spiro atoms. The summed E-state index contributed by atoms with van der Waals surface area (Å²) in [5.74, 6) is 1.53. The van der Waals surface area contributed by atoms with E-state index in [2.05, 4.69) is 50.7 Å². The molecule has 3 aromatic rings. The van der Waals surface area contributed by atoms with Gasteiger partial charge in [-0.2, -0.15) is 20.3 Å². The molecule has 3 aliphatic heterocycles. The van der Waals surface area contributed by atoms with Crippen molar-refractivity contribution in [2.75, 3.05) is 56.2 Å². The van der Waals surface area contributed by atoms with Crippen LogP contribution in [0.4, 0.5) is 11.6 Å². The minimum Gasteiger partial charge on any atom is -0.462 e. The molecule has 0 unspecified atom stereocenters. The van der Waals surface area contributed by atoms with Gasteiger partial charge >= 0.3 is 6.01 Å². The average Bonchev–Trinajstić information content (AvgIpc) is 3.43. The normalized spacial score (nSPS) is 21.0. The van der Waals surface area contributed by atoms with E-state index in [0.717, 1.165) is 66.0 Å². The summed E-state index contributed by atoms with van der Waals surface area (Å²) in [5, 5.41) is 20.4. The third kappa shape index (κ3) is 5.39. The smallest absolute Gasteiger partial charge is 0.318 e. The SMILES string of the molecule is C=CC(=O)N1CCN(c2nc(OC[C@@H]3CCCN3C)nc3c2CCN(c2nncc4ccccc24)C3)C[C@@H]1CC#N. The maximum Gasteiger partial charge on any atom is 0.318 e. The number of amides is 1. The first-order valence-corrected chi connectivity index (χ1v) is 14.3. The molecule has 2 atom stereocenters. The number of fused-ring (bicyclic) bond motifs is 2. The van der Waals surface area contributed by atoms with Crippen molar-refractivity contribution in [3.8, 4) is 12.1 Å². The van der Waals surface area contributed by atoms with Crippen LogP contribution in [-0.2, 0) is 17.8 Å². The van der Waals surface area contributed by atoms with Crippen LogP contribution in [0.15, 0.2) is 43.1 Å². The van der Waals surface area contributed by atoms with E-state index in [1.54, 1.807) is 11.1 Å². The van der Waals surface area contributed by atoms with Gasteiger partial charge in [-0.15, -0.1) is 5.10 Å². The number of nitrogens with zero attached hydrogens (tertiary/aromatic N) is 9. The fraction of sp³-hybridized carbons (Fsp3) is 0.467. The van der Waals surface area contributed by atoms with Crippen LogP contribution >= 0.6 is 0 Å². The summed E-state index contributed by atoms with van der Waals surface area (Å²) in [6, 6.07) is 10.9. The van der Waals surface area contributed by atoms with Gasteiger partial charge in [-0.1, -0.05) is 30.8 Å². The van der Waals surface area contributed by atoms with Gasteiger partial charge in [0.2, 0.25) is 5.91 Å². The van der Waals surface area contributed by atoms with Gasteiger partial charge in [0.05, 0.1) is 37.0 Å². The van der Waals surface area contributed by atoms with E-state index in [9.17, 15) is 10.1 Å². The van der Waals surface area contributed by atoms with Gasteiger partial charge in [0, 0.05) is 48.6 Å². The van der Waals surface area contributed by atoms with Crippen molar-refractivity contribution in [3.05, 3.63) is 54.4 Å². The van der Waals surface area contributed by atoms with E-state index < -0.39 is 0 Å². The summed E-state index contributed by atoms with van der Waals surface area (Å²) in [5.41, 5.74) is 1.99. The van der Waals surface area contributed by atoms with Crippen LogP contribution in [0, 0.1) is 11.3 Å². The second-order valence-electron chi connectivity index (χ2n) is 11.0. The zero-order valence-electron chi connectivity index (χ0n) is 23.4. The molecule has 0 N–H and O–H groups in total. The summed E-state index contributed by atoms with van der Waals surface area (Å²) in [7, 11) is 2.13. The van der Waals surface area contributed by atoms with Crippen molar-refractivity contribution in [2.24, 2.45) is 0 Å². The summed E-state index contributed by atoms with van der Waals surface area (Å²) in [6.07, 6.45) is 6.34. The molecule has 2 saturated heterocycles. The second kappa shape index (κ2) is 11.7. The van der Waals surface area contributed by atoms with Gasteiger partial charge in [-0.3, -0.25) is 4.79 Å². The highest BCUT2D eigenvalue weighted by molar-refractivity contribution is 5.91. The maximum absolute atomic E-state index is 12.5. The fourth-order valence-corrected chi connectivity index (χ4v) is 6.24. The van der Waals surface area contributed by atoms with Crippen molar-refractivity contribution < 1.29 is 9.53 Å². The van der Waals surface area contributed by atoms with Crippen LogP contribution in [-0.4, -0.2) is 94.3 Å². The second-order valence-corrected chi connectivity index (χ2v) is 11.0. The van der Waals surface area contributed by atoms with Gasteiger partial charge in [0.15, 0.2) is 5.82 Å². The van der Waals surface area contributed by atoms with E-state index in [0.29, 0.717) is 44.8 Å². The predicted octanol–water partition coefficient (Wildman–Crippen LogP) is 2.57. The minimum atomic E-state index is -0.243. The lowest BCUT2D eigenvalue weighted by Crippen LogP contribution is -2.55. The first kappa shape index (κ1) is 26.9. The van der Waals surface area contributed by atoms with Crippen LogP contribution in [0.5, 0.6) is 6.01 Å². The van der Waals surface area contributed by atoms with E-state index in [-0.39, 0.29) is 18.4 Å². The maximum atomic E-state index is 12.5. The Morgan fingerprint density at radius 2 is 2.02 bits per heavy atom. The number of nitriles is 1. The van der Waals surface area contributed by atoms with E-state index in [1.165, 1.54) is 6.08 Å². The lowest BCUT2D eigenvalue weighted by molar-refractivity contribution is -0.128. The number of piperazine rings is 1. The van der Waals surface area contributed by atoms with Gasteiger partial charge in [-0.05, 0) is 38.9 Å². The van der Waals surface area contributed by atoms with Crippen molar-refractivity contribution in [1.29, 1.82) is 5.26 Å². The quantitative estimate of drug-likeness (QED) is 0.404. The number of aromatic nitrogens is 4. The number of likely N-dealkylation sites (N-methyl/N-ethyl adjacent to an activating group) is 1. The van der Waals surface area contributed by atoms with E-state index in [1.807, 2.05) is 18.2 Å². The van der Waals surface area contributed by atoms with Crippen molar-refractivity contribution >= 4 is 28.3 Å². The molecule has 2 aromatic heterocycles. The molecular weight excluding hydrogens is 518 g/mol. The van der Waals surface area contributed by atoms with E-state index >= 15 is 0 Å². The number of anilines is 2. The number of rotatable bonds is 7. The minimum absolute atomic E-state index is 0.147. The molecule has 0 radical (unpaired) electrons. The first-order valence-electron chi connectivity index (χ1n) is 14.3. The van der Waals surface area contributed by atoms with Crippen molar-refractivity contribution in [2.45, 2.75) is 44.3 Å². The zero-order valence-corrected chi connectivity index (χ0v) is 23.4. The largest absolute Gasteiger partial charge is 0.462 e. The highest BCUT2D eigenvalue weighted by Crippen LogP contribution is 2.33. The third-order valence-electron chi connectivity index (χ3n) is 8.52. The van der Waals surface area contributed by atoms with Crippen LogP contribution in [0.2, 0.25) is 0 Å². The summed E-state index contributed by atoms with van der Waals surface area (Å²) >= 11 is 0. The molecule has 1 amide bonds. The number of hydrogen-bond acceptors (Lipinski definition) is 10. The molecule has 0 bridgehead atoms. The van der Waals surface area contributed by atoms with Crippen LogP contribution in [0.3, 0.4) is 0 Å². The van der Waals surface area contributed by atoms with Crippen LogP contribution in [0.25, 0.3) is 10.8 Å². The average molecular weight is 554 g/mol. The Hall–Kier alpha value is -4.30. The standard InChI is InChI=1S/C30H35N9O2/c1-3-27(40)39-16-15-38(18-22(39)10-12-31)28-25-11-14-37(29-24-9-5-4-7-21(24)17-32-35-29)19-26(25)33-30(34-28)41-20-23-8-6-13-36(23)2/h3-5,7,9,17,22-23H,1,6,8,10-11,13-16,18-20H2,2H3/t22-,23-/m0/s1. The Kier molecular flexibility index (Phi) is 7.65. The number of carbonyl (C=O) groups is 1. The number of hydrogen-bond donors (Lipinski definition) is 0. The lowest BCUT2D eigenvalue weighted by Gasteiger charge is -2.42. The molecule has 6 rings (SSSR count). The molecule has 11 nitrogen and oxygen atoms in total. The summed E-state index contributed by atoms with van der Waals surface area (Å²) in [4.78, 5) is 30.9. The Labute approximate surface area is 240 Å². The molecule has 5 heterocycles. The van der Waals surface area contributed by atoms with Crippen molar-refractivity contribution in [3.63, 3.8) is 0 Å². The van der Waals surface area contributed by atoms with Gasteiger partial charge < -0.3 is 24.3 Å². The Balaban J connectivity index is 1.33. The highest BCUT2D eigenvalue weighted by atomic mass is 16.5. The van der Waals surface area contributed by atoms with E-state index in [4.69, 9.17) is 14.7 Å².